The van der Waals surface area contributed by atoms with Gasteiger partial charge in [0.2, 0.25) is 5.91 Å². The van der Waals surface area contributed by atoms with Crippen LogP contribution < -0.4 is 5.32 Å². The molecule has 110 valence electrons. The van der Waals surface area contributed by atoms with Crippen molar-refractivity contribution in [2.75, 3.05) is 6.61 Å². The molecule has 1 amide bonds. The summed E-state index contributed by atoms with van der Waals surface area (Å²) < 4.78 is 23.2. The lowest BCUT2D eigenvalue weighted by Crippen LogP contribution is -2.33. The molecule has 1 aliphatic heterocycles. The summed E-state index contributed by atoms with van der Waals surface area (Å²) in [6, 6.07) is 5.74. The van der Waals surface area contributed by atoms with E-state index >= 15 is 0 Å². The Kier molecular flexibility index (Phi) is 3.92. The van der Waals surface area contributed by atoms with Gasteiger partial charge in [-0.1, -0.05) is 5.16 Å². The van der Waals surface area contributed by atoms with Crippen molar-refractivity contribution in [3.05, 3.63) is 35.9 Å². The molecule has 1 saturated heterocycles. The highest BCUT2D eigenvalue weighted by Gasteiger charge is 2.23. The summed E-state index contributed by atoms with van der Waals surface area (Å²) in [5.41, 5.74) is 0.626. The second-order valence-electron chi connectivity index (χ2n) is 4.74. The van der Waals surface area contributed by atoms with Crippen LogP contribution in [0.5, 0.6) is 0 Å². The topological polar surface area (TPSA) is 77.3 Å². The largest absolute Gasteiger partial charge is 0.368 e. The molecule has 1 N–H and O–H groups in total. The molecule has 1 aromatic heterocycles. The number of ether oxygens (including phenoxy) is 1. The van der Waals surface area contributed by atoms with E-state index in [2.05, 4.69) is 15.5 Å². The Labute approximate surface area is 120 Å². The molecule has 2 aromatic rings. The minimum Gasteiger partial charge on any atom is -0.368 e. The lowest BCUT2D eigenvalue weighted by Gasteiger charge is -2.08. The zero-order chi connectivity index (χ0) is 14.7. The van der Waals surface area contributed by atoms with Gasteiger partial charge in [0.25, 0.3) is 5.89 Å². The van der Waals surface area contributed by atoms with Gasteiger partial charge in [0.1, 0.15) is 11.9 Å². The second kappa shape index (κ2) is 6.01. The molecule has 0 radical (unpaired) electrons. The molecule has 0 saturated carbocycles. The minimum absolute atomic E-state index is 0.166. The number of rotatable bonds is 4. The maximum absolute atomic E-state index is 12.8. The number of benzene rings is 1. The highest BCUT2D eigenvalue weighted by atomic mass is 19.1. The van der Waals surface area contributed by atoms with Crippen molar-refractivity contribution in [2.24, 2.45) is 0 Å². The van der Waals surface area contributed by atoms with Crippen molar-refractivity contribution in [2.45, 2.75) is 25.5 Å². The SMILES string of the molecule is O=C(NCc1noc(-c2ccc(F)cc2)n1)[C@H]1CCCO1. The van der Waals surface area contributed by atoms with Crippen molar-refractivity contribution < 1.29 is 18.4 Å². The second-order valence-corrected chi connectivity index (χ2v) is 4.74. The quantitative estimate of drug-likeness (QED) is 0.927. The highest BCUT2D eigenvalue weighted by Crippen LogP contribution is 2.17. The monoisotopic (exact) mass is 291 g/mol. The molecule has 0 aliphatic carbocycles. The third kappa shape index (κ3) is 3.25. The fraction of sp³-hybridized carbons (Fsp3) is 0.357. The smallest absolute Gasteiger partial charge is 0.257 e. The van der Waals surface area contributed by atoms with Crippen LogP contribution in [-0.4, -0.2) is 28.8 Å². The van der Waals surface area contributed by atoms with Crippen LogP contribution in [0.3, 0.4) is 0 Å². The summed E-state index contributed by atoms with van der Waals surface area (Å²) >= 11 is 0. The summed E-state index contributed by atoms with van der Waals surface area (Å²) in [6.07, 6.45) is 1.25. The van der Waals surface area contributed by atoms with Crippen molar-refractivity contribution in [3.8, 4) is 11.5 Å². The van der Waals surface area contributed by atoms with Gasteiger partial charge in [-0.25, -0.2) is 4.39 Å². The zero-order valence-corrected chi connectivity index (χ0v) is 11.2. The molecule has 3 rings (SSSR count). The van der Waals surface area contributed by atoms with Gasteiger partial charge in [-0.05, 0) is 37.1 Å². The van der Waals surface area contributed by atoms with Crippen molar-refractivity contribution in [1.82, 2.24) is 15.5 Å². The average Bonchev–Trinajstić information content (AvgIpc) is 3.17. The van der Waals surface area contributed by atoms with Crippen molar-refractivity contribution in [3.63, 3.8) is 0 Å². The number of aromatic nitrogens is 2. The number of carbonyl (C=O) groups excluding carboxylic acids is 1. The van der Waals surface area contributed by atoms with Crippen LogP contribution in [0.15, 0.2) is 28.8 Å². The number of halogens is 1. The molecule has 1 aromatic carbocycles. The van der Waals surface area contributed by atoms with E-state index in [9.17, 15) is 9.18 Å². The van der Waals surface area contributed by atoms with Gasteiger partial charge < -0.3 is 14.6 Å². The van der Waals surface area contributed by atoms with Gasteiger partial charge >= 0.3 is 0 Å². The van der Waals surface area contributed by atoms with E-state index in [0.717, 1.165) is 12.8 Å². The minimum atomic E-state index is -0.381. The van der Waals surface area contributed by atoms with Crippen LogP contribution in [0.1, 0.15) is 18.7 Å². The molecule has 6 nitrogen and oxygen atoms in total. The molecular formula is C14H14FN3O3. The van der Waals surface area contributed by atoms with Crippen LogP contribution in [0, 0.1) is 5.82 Å². The highest BCUT2D eigenvalue weighted by molar-refractivity contribution is 5.80. The Morgan fingerprint density at radius 3 is 2.90 bits per heavy atom. The third-order valence-electron chi connectivity index (χ3n) is 3.20. The van der Waals surface area contributed by atoms with Crippen molar-refractivity contribution >= 4 is 5.91 Å². The van der Waals surface area contributed by atoms with Crippen LogP contribution in [0.4, 0.5) is 4.39 Å². The predicted octanol–water partition coefficient (Wildman–Crippen LogP) is 1.67. The predicted molar refractivity (Wildman–Crippen MR) is 70.5 cm³/mol. The maximum atomic E-state index is 12.8. The Hall–Kier alpha value is -2.28. The molecule has 1 aliphatic rings. The van der Waals surface area contributed by atoms with Crippen LogP contribution in [0.25, 0.3) is 11.5 Å². The van der Waals surface area contributed by atoms with Gasteiger partial charge in [0.05, 0.1) is 6.54 Å². The Balaban J connectivity index is 1.60. The summed E-state index contributed by atoms with van der Waals surface area (Å²) in [4.78, 5) is 15.9. The van der Waals surface area contributed by atoms with E-state index in [1.807, 2.05) is 0 Å². The summed E-state index contributed by atoms with van der Waals surface area (Å²) in [5.74, 6) is 0.153. The van der Waals surface area contributed by atoms with Gasteiger partial charge in [-0.2, -0.15) is 4.98 Å². The third-order valence-corrected chi connectivity index (χ3v) is 3.20. The van der Waals surface area contributed by atoms with Crippen molar-refractivity contribution in [1.29, 1.82) is 0 Å². The number of hydrogen-bond donors (Lipinski definition) is 1. The van der Waals surface area contributed by atoms with E-state index in [1.165, 1.54) is 12.1 Å². The fourth-order valence-electron chi connectivity index (χ4n) is 2.10. The Morgan fingerprint density at radius 1 is 1.38 bits per heavy atom. The van der Waals surface area contributed by atoms with Gasteiger partial charge in [-0.15, -0.1) is 0 Å². The molecule has 7 heteroatoms. The molecule has 1 fully saturated rings. The molecule has 0 spiro atoms. The first-order chi connectivity index (χ1) is 10.2. The number of nitrogens with one attached hydrogen (secondary N) is 1. The first kappa shape index (κ1) is 13.7. The Morgan fingerprint density at radius 2 is 2.19 bits per heavy atom. The van der Waals surface area contributed by atoms with E-state index in [0.29, 0.717) is 18.0 Å². The van der Waals surface area contributed by atoms with E-state index < -0.39 is 0 Å². The maximum Gasteiger partial charge on any atom is 0.257 e. The zero-order valence-electron chi connectivity index (χ0n) is 11.2. The molecule has 2 heterocycles. The average molecular weight is 291 g/mol. The number of carbonyl (C=O) groups is 1. The first-order valence-electron chi connectivity index (χ1n) is 6.70. The number of hydrogen-bond acceptors (Lipinski definition) is 5. The van der Waals surface area contributed by atoms with Gasteiger partial charge in [0.15, 0.2) is 5.82 Å². The lowest BCUT2D eigenvalue weighted by molar-refractivity contribution is -0.130. The summed E-state index contributed by atoms with van der Waals surface area (Å²) in [6.45, 7) is 0.790. The van der Waals surface area contributed by atoms with E-state index in [1.54, 1.807) is 12.1 Å². The van der Waals surface area contributed by atoms with Gasteiger partial charge in [0, 0.05) is 12.2 Å². The number of amides is 1. The Bertz CT molecular complexity index is 621. The molecule has 0 bridgehead atoms. The molecular weight excluding hydrogens is 277 g/mol. The first-order valence-corrected chi connectivity index (χ1v) is 6.70. The van der Waals surface area contributed by atoms with Gasteiger partial charge in [-0.3, -0.25) is 4.79 Å². The van der Waals surface area contributed by atoms with Crippen LogP contribution in [-0.2, 0) is 16.1 Å². The fourth-order valence-corrected chi connectivity index (χ4v) is 2.10. The lowest BCUT2D eigenvalue weighted by atomic mass is 10.2. The normalized spacial score (nSPS) is 17.9. The van der Waals surface area contributed by atoms with Crippen LogP contribution >= 0.6 is 0 Å². The molecule has 21 heavy (non-hydrogen) atoms. The van der Waals surface area contributed by atoms with Crippen LogP contribution in [0.2, 0.25) is 0 Å². The molecule has 0 unspecified atom stereocenters. The summed E-state index contributed by atoms with van der Waals surface area (Å²) in [7, 11) is 0. The summed E-state index contributed by atoms with van der Waals surface area (Å²) in [5, 5.41) is 6.48. The number of nitrogens with zero attached hydrogens (tertiary/aromatic N) is 2. The standard InChI is InChI=1S/C14H14FN3O3/c15-10-5-3-9(4-6-10)14-17-12(18-21-14)8-16-13(19)11-2-1-7-20-11/h3-6,11H,1-2,7-8H2,(H,16,19)/t11-/m1/s1. The molecule has 1 atom stereocenters. The van der Waals surface area contributed by atoms with E-state index in [4.69, 9.17) is 9.26 Å². The van der Waals surface area contributed by atoms with E-state index in [-0.39, 0.29) is 30.3 Å².